The third-order valence-electron chi connectivity index (χ3n) is 6.94. The molecular weight excluding hydrogens is 367 g/mol. The number of benzene rings is 1. The van der Waals surface area contributed by atoms with Gasteiger partial charge in [-0.2, -0.15) is 0 Å². The number of allylic oxidation sites excluding steroid dienone is 2. The van der Waals surface area contributed by atoms with Crippen LogP contribution in [0, 0.1) is 11.7 Å². The molecule has 0 bridgehead atoms. The van der Waals surface area contributed by atoms with E-state index in [1.54, 1.807) is 19.1 Å². The summed E-state index contributed by atoms with van der Waals surface area (Å²) >= 11 is 0. The third kappa shape index (κ3) is 4.10. The first-order valence-corrected chi connectivity index (χ1v) is 11.0. The topological polar surface area (TPSA) is 40.6 Å². The standard InChI is InChI=1S/C24H31FN2O2/c1-17(28)26-14-7-3-6-13-22-23(26)21(19-11-8-12-20(25)15-19)16-27(22)24(29)18-9-4-2-5-10-18/h2,4,8,11-12,15,18,21-23H,3,5-7,9-10,13-14,16H2,1H3/t18-,21-,22+,23-/m0/s1. The molecule has 29 heavy (non-hydrogen) atoms. The normalized spacial score (nSPS) is 29.9. The van der Waals surface area contributed by atoms with Crippen LogP contribution in [0.1, 0.15) is 63.4 Å². The quantitative estimate of drug-likeness (QED) is 0.698. The van der Waals surface area contributed by atoms with Gasteiger partial charge in [-0.3, -0.25) is 9.59 Å². The molecule has 0 spiro atoms. The van der Waals surface area contributed by atoms with E-state index in [0.717, 1.165) is 57.1 Å². The van der Waals surface area contributed by atoms with Crippen molar-refractivity contribution >= 4 is 11.8 Å². The molecule has 0 aromatic heterocycles. The molecule has 2 fully saturated rings. The number of carbonyl (C=O) groups excluding carboxylic acids is 2. The third-order valence-corrected chi connectivity index (χ3v) is 6.94. The summed E-state index contributed by atoms with van der Waals surface area (Å²) in [7, 11) is 0. The minimum atomic E-state index is -0.263. The second-order valence-electron chi connectivity index (χ2n) is 8.75. The maximum absolute atomic E-state index is 14.0. The Kier molecular flexibility index (Phi) is 6.02. The van der Waals surface area contributed by atoms with Crippen LogP contribution in [0.2, 0.25) is 0 Å². The number of halogens is 1. The van der Waals surface area contributed by atoms with Crippen LogP contribution in [-0.4, -0.2) is 46.8 Å². The Morgan fingerprint density at radius 2 is 1.93 bits per heavy atom. The predicted octanol–water partition coefficient (Wildman–Crippen LogP) is 4.27. The van der Waals surface area contributed by atoms with Crippen LogP contribution in [0.3, 0.4) is 0 Å². The van der Waals surface area contributed by atoms with Crippen LogP contribution < -0.4 is 0 Å². The fourth-order valence-corrected chi connectivity index (χ4v) is 5.53. The van der Waals surface area contributed by atoms with Crippen LogP contribution in [0.15, 0.2) is 36.4 Å². The fourth-order valence-electron chi connectivity index (χ4n) is 5.53. The zero-order valence-electron chi connectivity index (χ0n) is 17.2. The van der Waals surface area contributed by atoms with E-state index >= 15 is 0 Å². The van der Waals surface area contributed by atoms with Gasteiger partial charge in [-0.25, -0.2) is 4.39 Å². The lowest BCUT2D eigenvalue weighted by Gasteiger charge is -2.39. The van der Waals surface area contributed by atoms with Gasteiger partial charge >= 0.3 is 0 Å². The molecule has 2 heterocycles. The zero-order chi connectivity index (χ0) is 20.4. The van der Waals surface area contributed by atoms with Crippen LogP contribution in [0.4, 0.5) is 4.39 Å². The van der Waals surface area contributed by atoms with Crippen molar-refractivity contribution in [3.63, 3.8) is 0 Å². The number of nitrogens with zero attached hydrogens (tertiary/aromatic N) is 2. The smallest absolute Gasteiger partial charge is 0.226 e. The highest BCUT2D eigenvalue weighted by Gasteiger charge is 2.48. The van der Waals surface area contributed by atoms with E-state index in [-0.39, 0.29) is 41.6 Å². The molecule has 0 N–H and O–H groups in total. The number of amides is 2. The predicted molar refractivity (Wildman–Crippen MR) is 111 cm³/mol. The fraction of sp³-hybridized carbons (Fsp3) is 0.583. The Labute approximate surface area is 172 Å². The highest BCUT2D eigenvalue weighted by molar-refractivity contribution is 5.81. The Balaban J connectivity index is 1.71. The average molecular weight is 399 g/mol. The molecule has 0 unspecified atom stereocenters. The molecule has 5 heteroatoms. The van der Waals surface area contributed by atoms with E-state index in [9.17, 15) is 14.0 Å². The first-order chi connectivity index (χ1) is 14.1. The number of rotatable bonds is 2. The lowest BCUT2D eigenvalue weighted by atomic mass is 9.86. The molecule has 2 amide bonds. The minimum absolute atomic E-state index is 0.0193. The molecule has 4 nitrogen and oxygen atoms in total. The van der Waals surface area contributed by atoms with Gasteiger partial charge in [0.15, 0.2) is 0 Å². The van der Waals surface area contributed by atoms with Crippen LogP contribution in [0.5, 0.6) is 0 Å². The summed E-state index contributed by atoms with van der Waals surface area (Å²) in [5.41, 5.74) is 0.894. The summed E-state index contributed by atoms with van der Waals surface area (Å²) in [6, 6.07) is 6.66. The number of hydrogen-bond donors (Lipinski definition) is 0. The molecule has 156 valence electrons. The highest BCUT2D eigenvalue weighted by atomic mass is 19.1. The van der Waals surface area contributed by atoms with Crippen molar-refractivity contribution in [1.82, 2.24) is 9.80 Å². The van der Waals surface area contributed by atoms with Crippen molar-refractivity contribution in [2.45, 2.75) is 69.9 Å². The lowest BCUT2D eigenvalue weighted by molar-refractivity contribution is -0.139. The van der Waals surface area contributed by atoms with Gasteiger partial charge in [0, 0.05) is 31.8 Å². The highest BCUT2D eigenvalue weighted by Crippen LogP contribution is 2.40. The van der Waals surface area contributed by atoms with Crippen molar-refractivity contribution in [3.8, 4) is 0 Å². The summed E-state index contributed by atoms with van der Waals surface area (Å²) in [6.07, 6.45) is 10.9. The van der Waals surface area contributed by atoms with Crippen molar-refractivity contribution in [2.24, 2.45) is 5.92 Å². The summed E-state index contributed by atoms with van der Waals surface area (Å²) in [4.78, 5) is 30.1. The maximum atomic E-state index is 14.0. The number of likely N-dealkylation sites (tertiary alicyclic amines) is 2. The van der Waals surface area contributed by atoms with E-state index in [1.807, 2.05) is 15.9 Å². The number of hydrogen-bond acceptors (Lipinski definition) is 2. The van der Waals surface area contributed by atoms with E-state index in [2.05, 4.69) is 12.2 Å². The van der Waals surface area contributed by atoms with Crippen LogP contribution in [0.25, 0.3) is 0 Å². The number of fused-ring (bicyclic) bond motifs is 1. The molecule has 1 aliphatic carbocycles. The van der Waals surface area contributed by atoms with Crippen LogP contribution >= 0.6 is 0 Å². The molecule has 0 radical (unpaired) electrons. The molecule has 3 aliphatic rings. The molecule has 4 rings (SSSR count). The molecule has 4 atom stereocenters. The SMILES string of the molecule is CC(=O)N1CCCCC[C@@H]2[C@@H]1[C@H](c1cccc(F)c1)CN2C(=O)[C@H]1CC=CCC1. The molecule has 1 aromatic rings. The van der Waals surface area contributed by atoms with Gasteiger partial charge in [-0.15, -0.1) is 0 Å². The van der Waals surface area contributed by atoms with Gasteiger partial charge in [0.1, 0.15) is 5.82 Å². The van der Waals surface area contributed by atoms with Crippen molar-refractivity contribution in [3.05, 3.63) is 47.8 Å². The largest absolute Gasteiger partial charge is 0.337 e. The Morgan fingerprint density at radius 1 is 1.07 bits per heavy atom. The molecule has 0 saturated carbocycles. The minimum Gasteiger partial charge on any atom is -0.337 e. The van der Waals surface area contributed by atoms with Gasteiger partial charge in [0.05, 0.1) is 12.1 Å². The molecular formula is C24H31FN2O2. The molecule has 2 saturated heterocycles. The first kappa shape index (κ1) is 20.1. The number of carbonyl (C=O) groups is 2. The second-order valence-corrected chi connectivity index (χ2v) is 8.75. The summed E-state index contributed by atoms with van der Waals surface area (Å²) in [5.74, 6) is -0.00379. The summed E-state index contributed by atoms with van der Waals surface area (Å²) in [6.45, 7) is 2.91. The van der Waals surface area contributed by atoms with E-state index in [0.29, 0.717) is 6.54 Å². The molecule has 2 aliphatic heterocycles. The van der Waals surface area contributed by atoms with E-state index < -0.39 is 0 Å². The average Bonchev–Trinajstić information content (AvgIpc) is 3.06. The maximum Gasteiger partial charge on any atom is 0.226 e. The van der Waals surface area contributed by atoms with Gasteiger partial charge in [-0.05, 0) is 49.8 Å². The first-order valence-electron chi connectivity index (χ1n) is 11.0. The molecule has 1 aromatic carbocycles. The van der Waals surface area contributed by atoms with Gasteiger partial charge in [0.25, 0.3) is 0 Å². The van der Waals surface area contributed by atoms with Crippen molar-refractivity contribution in [2.75, 3.05) is 13.1 Å². The van der Waals surface area contributed by atoms with Crippen molar-refractivity contribution < 1.29 is 14.0 Å². The second kappa shape index (κ2) is 8.68. The van der Waals surface area contributed by atoms with Crippen molar-refractivity contribution in [1.29, 1.82) is 0 Å². The summed E-state index contributed by atoms with van der Waals surface area (Å²) < 4.78 is 14.0. The Morgan fingerprint density at radius 3 is 2.66 bits per heavy atom. The van der Waals surface area contributed by atoms with Gasteiger partial charge in [-0.1, -0.05) is 37.1 Å². The van der Waals surface area contributed by atoms with Gasteiger partial charge < -0.3 is 9.80 Å². The van der Waals surface area contributed by atoms with E-state index in [4.69, 9.17) is 0 Å². The van der Waals surface area contributed by atoms with Gasteiger partial charge in [0.2, 0.25) is 11.8 Å². The zero-order valence-corrected chi connectivity index (χ0v) is 17.2. The van der Waals surface area contributed by atoms with E-state index in [1.165, 1.54) is 6.07 Å². The Hall–Kier alpha value is -2.17. The Bertz CT molecular complexity index is 793. The monoisotopic (exact) mass is 398 g/mol. The van der Waals surface area contributed by atoms with Crippen LogP contribution in [-0.2, 0) is 9.59 Å². The summed E-state index contributed by atoms with van der Waals surface area (Å²) in [5, 5.41) is 0. The lowest BCUT2D eigenvalue weighted by Crippen LogP contribution is -2.51.